The minimum absolute atomic E-state index is 0.497. The number of methoxy groups -OCH3 is 1. The molecule has 2 radical (unpaired) electrons. The lowest BCUT2D eigenvalue weighted by Gasteiger charge is -2.20. The molecule has 0 aliphatic rings. The first-order valence-corrected chi connectivity index (χ1v) is 7.68. The lowest BCUT2D eigenvalue weighted by Crippen LogP contribution is -2.12. The van der Waals surface area contributed by atoms with Crippen LogP contribution in [0.5, 0.6) is 0 Å². The van der Waals surface area contributed by atoms with Gasteiger partial charge < -0.3 is 15.5 Å². The molecule has 0 saturated heterocycles. The van der Waals surface area contributed by atoms with Crippen molar-refractivity contribution < 1.29 is 4.74 Å². The van der Waals surface area contributed by atoms with Crippen molar-refractivity contribution in [2.45, 2.75) is 33.0 Å². The van der Waals surface area contributed by atoms with Crippen LogP contribution in [0.3, 0.4) is 0 Å². The molecule has 114 valence electrons. The summed E-state index contributed by atoms with van der Waals surface area (Å²) in [5, 5.41) is 10.9. The maximum absolute atomic E-state index is 7.51. The predicted molar refractivity (Wildman–Crippen MR) is 91.9 cm³/mol. The van der Waals surface area contributed by atoms with Gasteiger partial charge in [0.15, 0.2) is 0 Å². The number of benzene rings is 1. The van der Waals surface area contributed by atoms with Gasteiger partial charge in [-0.1, -0.05) is 32.3 Å². The SMILES string of the molecule is [B]C[C@H](Cc1ccc(C=N)c(NCCCOC)c1)C(C)C. The number of nitrogens with one attached hydrogen (secondary N) is 2. The van der Waals surface area contributed by atoms with Gasteiger partial charge >= 0.3 is 0 Å². The minimum atomic E-state index is 0.497. The van der Waals surface area contributed by atoms with Crippen molar-refractivity contribution in [2.24, 2.45) is 11.8 Å². The van der Waals surface area contributed by atoms with E-state index < -0.39 is 0 Å². The average molecular weight is 286 g/mol. The zero-order valence-corrected chi connectivity index (χ0v) is 13.5. The summed E-state index contributed by atoms with van der Waals surface area (Å²) >= 11 is 0. The molecule has 2 N–H and O–H groups in total. The van der Waals surface area contributed by atoms with Gasteiger partial charge in [-0.2, -0.15) is 0 Å². The first-order chi connectivity index (χ1) is 10.1. The van der Waals surface area contributed by atoms with Crippen molar-refractivity contribution in [3.63, 3.8) is 0 Å². The summed E-state index contributed by atoms with van der Waals surface area (Å²) in [5.74, 6) is 1.08. The van der Waals surface area contributed by atoms with Gasteiger partial charge in [0.2, 0.25) is 0 Å². The van der Waals surface area contributed by atoms with Gasteiger partial charge in [-0.3, -0.25) is 0 Å². The maximum Gasteiger partial charge on any atom is 0.0657 e. The molecule has 0 bridgehead atoms. The summed E-state index contributed by atoms with van der Waals surface area (Å²) in [7, 11) is 7.57. The Hall–Kier alpha value is -1.29. The average Bonchev–Trinajstić information content (AvgIpc) is 2.49. The molecule has 3 nitrogen and oxygen atoms in total. The fourth-order valence-corrected chi connectivity index (χ4v) is 2.34. The Bertz CT molecular complexity index is 435. The lowest BCUT2D eigenvalue weighted by atomic mass is 9.79. The summed E-state index contributed by atoms with van der Waals surface area (Å²) in [4.78, 5) is 0. The van der Waals surface area contributed by atoms with Crippen molar-refractivity contribution in [1.82, 2.24) is 0 Å². The molecular weight excluding hydrogens is 259 g/mol. The first kappa shape index (κ1) is 17.8. The smallest absolute Gasteiger partial charge is 0.0657 e. The third-order valence-electron chi connectivity index (χ3n) is 3.86. The Morgan fingerprint density at radius 1 is 1.38 bits per heavy atom. The number of rotatable bonds is 10. The molecule has 0 aliphatic heterocycles. The Morgan fingerprint density at radius 3 is 2.71 bits per heavy atom. The number of hydrogen-bond donors (Lipinski definition) is 2. The van der Waals surface area contributed by atoms with E-state index in [0.717, 1.165) is 37.2 Å². The first-order valence-electron chi connectivity index (χ1n) is 7.68. The van der Waals surface area contributed by atoms with Gasteiger partial charge in [-0.25, -0.2) is 0 Å². The number of anilines is 1. The summed E-state index contributed by atoms with van der Waals surface area (Å²) in [6.07, 6.45) is 4.04. The topological polar surface area (TPSA) is 45.1 Å². The number of hydrogen-bond acceptors (Lipinski definition) is 3. The van der Waals surface area contributed by atoms with Gasteiger partial charge in [0.1, 0.15) is 0 Å². The normalized spacial score (nSPS) is 12.4. The largest absolute Gasteiger partial charge is 0.385 e. The summed E-state index contributed by atoms with van der Waals surface area (Å²) in [6.45, 7) is 6.03. The Balaban J connectivity index is 2.76. The van der Waals surface area contributed by atoms with E-state index in [4.69, 9.17) is 18.0 Å². The quantitative estimate of drug-likeness (QED) is 0.392. The molecule has 1 rings (SSSR count). The van der Waals surface area contributed by atoms with E-state index in [1.807, 2.05) is 6.07 Å². The highest BCUT2D eigenvalue weighted by Crippen LogP contribution is 2.23. The second-order valence-electron chi connectivity index (χ2n) is 5.78. The van der Waals surface area contributed by atoms with Crippen molar-refractivity contribution >= 4 is 19.7 Å². The molecule has 0 aliphatic carbocycles. The molecule has 1 atom stereocenters. The van der Waals surface area contributed by atoms with Crippen LogP contribution < -0.4 is 5.32 Å². The molecular formula is C17H27BN2O. The molecule has 0 saturated carbocycles. The summed E-state index contributed by atoms with van der Waals surface area (Å²) in [6, 6.07) is 6.26. The summed E-state index contributed by atoms with van der Waals surface area (Å²) < 4.78 is 5.05. The predicted octanol–water partition coefficient (Wildman–Crippen LogP) is 3.53. The molecule has 4 heteroatoms. The van der Waals surface area contributed by atoms with Crippen LogP contribution in [-0.2, 0) is 11.2 Å². The third-order valence-corrected chi connectivity index (χ3v) is 3.86. The van der Waals surface area contributed by atoms with Crippen molar-refractivity contribution in [3.05, 3.63) is 29.3 Å². The van der Waals surface area contributed by atoms with E-state index in [0.29, 0.717) is 18.2 Å². The van der Waals surface area contributed by atoms with Crippen LogP contribution in [0.2, 0.25) is 6.32 Å². The fourth-order valence-electron chi connectivity index (χ4n) is 2.34. The van der Waals surface area contributed by atoms with Crippen LogP contribution in [0, 0.1) is 17.2 Å². The van der Waals surface area contributed by atoms with E-state index in [1.54, 1.807) is 7.11 Å². The van der Waals surface area contributed by atoms with Gasteiger partial charge in [0.05, 0.1) is 7.85 Å². The van der Waals surface area contributed by atoms with E-state index >= 15 is 0 Å². The van der Waals surface area contributed by atoms with E-state index in [1.165, 1.54) is 11.8 Å². The Labute approximate surface area is 130 Å². The van der Waals surface area contributed by atoms with Gasteiger partial charge in [0.25, 0.3) is 0 Å². The van der Waals surface area contributed by atoms with Gasteiger partial charge in [-0.05, 0) is 36.3 Å². The fraction of sp³-hybridized carbons (Fsp3) is 0.588. The van der Waals surface area contributed by atoms with Gasteiger partial charge in [0, 0.05) is 37.7 Å². The number of ether oxygens (including phenoxy) is 1. The molecule has 0 spiro atoms. The molecule has 0 fully saturated rings. The second kappa shape index (κ2) is 9.61. The van der Waals surface area contributed by atoms with E-state index in [-0.39, 0.29) is 0 Å². The molecule has 1 aromatic carbocycles. The van der Waals surface area contributed by atoms with Crippen LogP contribution in [-0.4, -0.2) is 34.3 Å². The molecule has 1 aromatic rings. The molecule has 0 heterocycles. The highest BCUT2D eigenvalue weighted by molar-refractivity contribution is 6.08. The second-order valence-corrected chi connectivity index (χ2v) is 5.78. The van der Waals surface area contributed by atoms with Crippen LogP contribution in [0.15, 0.2) is 18.2 Å². The van der Waals surface area contributed by atoms with Crippen LogP contribution in [0.1, 0.15) is 31.4 Å². The van der Waals surface area contributed by atoms with Crippen molar-refractivity contribution in [1.29, 1.82) is 5.41 Å². The van der Waals surface area contributed by atoms with E-state index in [9.17, 15) is 0 Å². The van der Waals surface area contributed by atoms with Crippen LogP contribution in [0.4, 0.5) is 5.69 Å². The molecule has 0 aromatic heterocycles. The standard InChI is InChI=1S/C17H27BN2O/c1-13(2)16(11-18)9-14-5-6-15(12-19)17(10-14)20-7-4-8-21-3/h5-6,10,12-13,16,19-20H,4,7-9,11H2,1-3H3/t16-/m0/s1. The molecule has 21 heavy (non-hydrogen) atoms. The molecule has 0 unspecified atom stereocenters. The zero-order chi connectivity index (χ0) is 15.7. The molecule has 0 amide bonds. The van der Waals surface area contributed by atoms with Crippen molar-refractivity contribution in [3.8, 4) is 0 Å². The van der Waals surface area contributed by atoms with Crippen LogP contribution in [0.25, 0.3) is 0 Å². The van der Waals surface area contributed by atoms with Crippen LogP contribution >= 0.6 is 0 Å². The zero-order valence-electron chi connectivity index (χ0n) is 13.5. The third kappa shape index (κ3) is 5.92. The Kier molecular flexibility index (Phi) is 8.13. The van der Waals surface area contributed by atoms with Gasteiger partial charge in [-0.15, -0.1) is 0 Å². The maximum atomic E-state index is 7.51. The summed E-state index contributed by atoms with van der Waals surface area (Å²) in [5.41, 5.74) is 3.22. The monoisotopic (exact) mass is 286 g/mol. The van der Waals surface area contributed by atoms with Crippen molar-refractivity contribution in [2.75, 3.05) is 25.6 Å². The highest BCUT2D eigenvalue weighted by Gasteiger charge is 2.12. The Morgan fingerprint density at radius 2 is 2.14 bits per heavy atom. The highest BCUT2D eigenvalue weighted by atomic mass is 16.5. The minimum Gasteiger partial charge on any atom is -0.385 e. The van der Waals surface area contributed by atoms with E-state index in [2.05, 4.69) is 31.3 Å². The lowest BCUT2D eigenvalue weighted by molar-refractivity contribution is 0.198.